The fraction of sp³-hybridized carbons (Fsp3) is 0.455. The van der Waals surface area contributed by atoms with Crippen LogP contribution >= 0.6 is 27.3 Å². The number of thiophene rings is 1. The van der Waals surface area contributed by atoms with Gasteiger partial charge in [0.05, 0.1) is 9.83 Å². The highest BCUT2D eigenvalue weighted by Gasteiger charge is 2.18. The van der Waals surface area contributed by atoms with Crippen molar-refractivity contribution in [2.24, 2.45) is 0 Å². The molecule has 14 heavy (non-hydrogen) atoms. The largest absolute Gasteiger partial charge is 0.309 e. The minimum absolute atomic E-state index is 0.439. The lowest BCUT2D eigenvalue weighted by atomic mass is 10.1. The fourth-order valence-electron chi connectivity index (χ4n) is 1.95. The maximum atomic E-state index is 3.51. The predicted octanol–water partition coefficient (Wildman–Crippen LogP) is 3.88. The van der Waals surface area contributed by atoms with Gasteiger partial charge in [0.25, 0.3) is 0 Å². The van der Waals surface area contributed by atoms with Crippen molar-refractivity contribution in [3.05, 3.63) is 32.4 Å². The van der Waals surface area contributed by atoms with Crippen LogP contribution in [0.1, 0.15) is 30.2 Å². The molecule has 0 fully saturated rings. The maximum Gasteiger partial charge on any atom is 0.0702 e. The molecular formula is C11H14BrNS. The first-order valence-corrected chi connectivity index (χ1v) is 6.53. The van der Waals surface area contributed by atoms with Crippen molar-refractivity contribution in [2.45, 2.75) is 25.3 Å². The first-order valence-electron chi connectivity index (χ1n) is 4.92. The smallest absolute Gasteiger partial charge is 0.0702 e. The molecule has 0 radical (unpaired) electrons. The summed E-state index contributed by atoms with van der Waals surface area (Å²) >= 11 is 5.33. The highest BCUT2D eigenvalue weighted by Crippen LogP contribution is 2.35. The minimum atomic E-state index is 0.439. The molecule has 1 aromatic rings. The number of nitrogens with one attached hydrogen (secondary N) is 1. The number of hydrogen-bond donors (Lipinski definition) is 1. The molecule has 1 heterocycles. The molecule has 1 aliphatic rings. The number of likely N-dealkylation sites (N-methyl/N-ethyl adjacent to an activating group) is 1. The highest BCUT2D eigenvalue weighted by atomic mass is 79.9. The summed E-state index contributed by atoms with van der Waals surface area (Å²) in [4.78, 5) is 1.41. The first-order chi connectivity index (χ1) is 6.81. The monoisotopic (exact) mass is 271 g/mol. The SMILES string of the molecule is CNC(C1=CCCC1)c1ccc(Br)s1. The Balaban J connectivity index is 2.20. The van der Waals surface area contributed by atoms with E-state index >= 15 is 0 Å². The Morgan fingerprint density at radius 1 is 1.50 bits per heavy atom. The molecule has 2 rings (SSSR count). The van der Waals surface area contributed by atoms with Crippen molar-refractivity contribution < 1.29 is 0 Å². The first kappa shape index (κ1) is 10.4. The summed E-state index contributed by atoms with van der Waals surface area (Å²) in [5.41, 5.74) is 1.56. The van der Waals surface area contributed by atoms with Gasteiger partial charge in [-0.2, -0.15) is 0 Å². The van der Waals surface area contributed by atoms with Gasteiger partial charge in [0, 0.05) is 4.88 Å². The van der Waals surface area contributed by atoms with E-state index in [1.807, 2.05) is 18.4 Å². The molecule has 0 spiro atoms. The predicted molar refractivity (Wildman–Crippen MR) is 65.8 cm³/mol. The number of allylic oxidation sites excluding steroid dienone is 1. The summed E-state index contributed by atoms with van der Waals surface area (Å²) in [6.45, 7) is 0. The summed E-state index contributed by atoms with van der Waals surface area (Å²) in [6.07, 6.45) is 6.20. The molecule has 3 heteroatoms. The zero-order valence-electron chi connectivity index (χ0n) is 8.22. The van der Waals surface area contributed by atoms with Crippen LogP contribution in [-0.2, 0) is 0 Å². The molecule has 1 aromatic heterocycles. The van der Waals surface area contributed by atoms with Crippen LogP contribution in [-0.4, -0.2) is 7.05 Å². The highest BCUT2D eigenvalue weighted by molar-refractivity contribution is 9.11. The zero-order valence-corrected chi connectivity index (χ0v) is 10.6. The molecule has 1 aliphatic carbocycles. The molecule has 0 aliphatic heterocycles. The molecule has 1 atom stereocenters. The quantitative estimate of drug-likeness (QED) is 0.823. The maximum absolute atomic E-state index is 3.51. The Morgan fingerprint density at radius 3 is 2.86 bits per heavy atom. The van der Waals surface area contributed by atoms with Gasteiger partial charge in [-0.3, -0.25) is 0 Å². The molecule has 76 valence electrons. The topological polar surface area (TPSA) is 12.0 Å². The molecule has 1 N–H and O–H groups in total. The number of halogens is 1. The lowest BCUT2D eigenvalue weighted by Crippen LogP contribution is -2.16. The third-order valence-electron chi connectivity index (χ3n) is 2.61. The Labute approximate surface area is 97.3 Å². The van der Waals surface area contributed by atoms with Gasteiger partial charge in [0.15, 0.2) is 0 Å². The molecule has 0 saturated carbocycles. The minimum Gasteiger partial charge on any atom is -0.309 e. The van der Waals surface area contributed by atoms with Gasteiger partial charge in [-0.1, -0.05) is 11.6 Å². The van der Waals surface area contributed by atoms with Crippen molar-refractivity contribution in [2.75, 3.05) is 7.05 Å². The summed E-state index contributed by atoms with van der Waals surface area (Å²) in [7, 11) is 2.04. The summed E-state index contributed by atoms with van der Waals surface area (Å²) in [5, 5.41) is 3.39. The van der Waals surface area contributed by atoms with Crippen molar-refractivity contribution >= 4 is 27.3 Å². The third kappa shape index (κ3) is 2.10. The van der Waals surface area contributed by atoms with Gasteiger partial charge in [-0.05, 0) is 54.4 Å². The summed E-state index contributed by atoms with van der Waals surface area (Å²) in [5.74, 6) is 0. The van der Waals surface area contributed by atoms with Crippen LogP contribution < -0.4 is 5.32 Å². The van der Waals surface area contributed by atoms with E-state index in [0.717, 1.165) is 0 Å². The van der Waals surface area contributed by atoms with Crippen LogP contribution in [0.25, 0.3) is 0 Å². The molecule has 0 bridgehead atoms. The van der Waals surface area contributed by atoms with E-state index in [0.29, 0.717) is 6.04 Å². The fourth-order valence-corrected chi connectivity index (χ4v) is 3.53. The number of rotatable bonds is 3. The van der Waals surface area contributed by atoms with Crippen LogP contribution in [0.4, 0.5) is 0 Å². The van der Waals surface area contributed by atoms with Gasteiger partial charge in [0.2, 0.25) is 0 Å². The summed E-state index contributed by atoms with van der Waals surface area (Å²) in [6, 6.07) is 4.77. The van der Waals surface area contributed by atoms with Crippen LogP contribution in [0.5, 0.6) is 0 Å². The molecular weight excluding hydrogens is 258 g/mol. The van der Waals surface area contributed by atoms with Gasteiger partial charge >= 0.3 is 0 Å². The average Bonchev–Trinajstić information content (AvgIpc) is 2.79. The second-order valence-corrected chi connectivity index (χ2v) is 6.03. The van der Waals surface area contributed by atoms with E-state index in [2.05, 4.69) is 39.5 Å². The Bertz CT molecular complexity index is 343. The lowest BCUT2D eigenvalue weighted by molar-refractivity contribution is 0.666. The van der Waals surface area contributed by atoms with Crippen molar-refractivity contribution in [3.8, 4) is 0 Å². The van der Waals surface area contributed by atoms with E-state index in [1.54, 1.807) is 5.57 Å². The van der Waals surface area contributed by atoms with Gasteiger partial charge < -0.3 is 5.32 Å². The average molecular weight is 272 g/mol. The molecule has 1 unspecified atom stereocenters. The van der Waals surface area contributed by atoms with E-state index in [-0.39, 0.29) is 0 Å². The standard InChI is InChI=1S/C11H14BrNS/c1-13-11(8-4-2-3-5-8)9-6-7-10(12)14-9/h4,6-7,11,13H,2-3,5H2,1H3. The lowest BCUT2D eigenvalue weighted by Gasteiger charge is -2.15. The van der Waals surface area contributed by atoms with Crippen molar-refractivity contribution in [3.63, 3.8) is 0 Å². The normalized spacial score (nSPS) is 18.3. The molecule has 1 nitrogen and oxygen atoms in total. The van der Waals surface area contributed by atoms with E-state index < -0.39 is 0 Å². The second kappa shape index (κ2) is 4.60. The molecule has 0 saturated heterocycles. The van der Waals surface area contributed by atoms with Crippen LogP contribution in [0, 0.1) is 0 Å². The van der Waals surface area contributed by atoms with Crippen molar-refractivity contribution in [1.29, 1.82) is 0 Å². The van der Waals surface area contributed by atoms with E-state index in [9.17, 15) is 0 Å². The van der Waals surface area contributed by atoms with Gasteiger partial charge in [-0.15, -0.1) is 11.3 Å². The van der Waals surface area contributed by atoms with Crippen LogP contribution in [0.15, 0.2) is 27.6 Å². The van der Waals surface area contributed by atoms with E-state index in [4.69, 9.17) is 0 Å². The van der Waals surface area contributed by atoms with E-state index in [1.165, 1.54) is 27.9 Å². The van der Waals surface area contributed by atoms with Crippen LogP contribution in [0.2, 0.25) is 0 Å². The molecule has 0 aromatic carbocycles. The zero-order chi connectivity index (χ0) is 9.97. The van der Waals surface area contributed by atoms with Crippen LogP contribution in [0.3, 0.4) is 0 Å². The third-order valence-corrected chi connectivity index (χ3v) is 4.30. The Morgan fingerprint density at radius 2 is 2.36 bits per heavy atom. The second-order valence-electron chi connectivity index (χ2n) is 3.53. The van der Waals surface area contributed by atoms with Gasteiger partial charge in [-0.25, -0.2) is 0 Å². The van der Waals surface area contributed by atoms with Crippen molar-refractivity contribution in [1.82, 2.24) is 5.32 Å². The summed E-state index contributed by atoms with van der Waals surface area (Å²) < 4.78 is 1.21. The molecule has 0 amide bonds. The Hall–Kier alpha value is -0.120. The number of hydrogen-bond acceptors (Lipinski definition) is 2. The Kier molecular flexibility index (Phi) is 3.42. The van der Waals surface area contributed by atoms with Gasteiger partial charge in [0.1, 0.15) is 0 Å².